The maximum absolute atomic E-state index is 13.2. The summed E-state index contributed by atoms with van der Waals surface area (Å²) < 4.78 is 73.0. The SMILES string of the molecule is NC1CCN(c2ccc(S(=O)(=O)Nc3nccs3)cc2)CC1.O=C(CC1CCN(c2ccc(S(=O)(=O)Nc3nccs3)cc2)CC1)OCc1ccc(F)c(Cl)c1. The van der Waals surface area contributed by atoms with Crippen molar-refractivity contribution in [3.8, 4) is 0 Å². The lowest BCUT2D eigenvalue weighted by molar-refractivity contribution is -0.146. The number of halogens is 2. The summed E-state index contributed by atoms with van der Waals surface area (Å²) in [5, 5.41) is 4.12. The molecule has 2 fully saturated rings. The Morgan fingerprint density at radius 2 is 1.27 bits per heavy atom. The standard InChI is InChI=1S/C23H23ClFN3O4S2.C14H18N4O2S2/c24-20-13-17(1-6-21(20)25)15-32-22(29)14-16-7-10-28(11-8-16)18-2-4-19(5-3-18)34(30,31)27-23-26-9-12-33-23;15-11-5-8-18(9-6-11)12-1-3-13(4-2-12)22(19,20)17-14-16-7-10-21-14/h1-6,9,12-13,16H,7-8,10-11,14-15H2,(H,26,27);1-4,7,10-11H,5-6,8-9,15H2,(H,16,17). The Balaban J connectivity index is 0.000000208. The first kappa shape index (κ1) is 41.3. The molecule has 0 spiro atoms. The summed E-state index contributed by atoms with van der Waals surface area (Å²) in [5.74, 6) is -0.587. The fourth-order valence-electron chi connectivity index (χ4n) is 6.21. The number of nitrogens with zero attached hydrogens (tertiary/aromatic N) is 4. The molecule has 0 radical (unpaired) electrons. The molecule has 0 aliphatic carbocycles. The lowest BCUT2D eigenvalue weighted by atomic mass is 9.93. The zero-order valence-electron chi connectivity index (χ0n) is 30.1. The van der Waals surface area contributed by atoms with Gasteiger partial charge in [0.15, 0.2) is 10.3 Å². The number of aromatic nitrogens is 2. The van der Waals surface area contributed by atoms with Crippen LogP contribution in [0.5, 0.6) is 0 Å². The highest BCUT2D eigenvalue weighted by Crippen LogP contribution is 2.28. The maximum atomic E-state index is 13.2. The monoisotopic (exact) mass is 861 g/mol. The van der Waals surface area contributed by atoms with Gasteiger partial charge in [-0.05, 0) is 97.8 Å². The van der Waals surface area contributed by atoms with Gasteiger partial charge >= 0.3 is 5.97 Å². The largest absolute Gasteiger partial charge is 0.461 e. The van der Waals surface area contributed by atoms with Crippen molar-refractivity contribution in [2.75, 3.05) is 45.4 Å². The summed E-state index contributed by atoms with van der Waals surface area (Å²) in [6, 6.07) is 18.2. The number of carbonyl (C=O) groups is 1. The van der Waals surface area contributed by atoms with Crippen molar-refractivity contribution in [3.63, 3.8) is 0 Å². The molecule has 2 aromatic heterocycles. The second-order valence-corrected chi connectivity index (χ2v) is 18.8. The van der Waals surface area contributed by atoms with Gasteiger partial charge in [0.2, 0.25) is 0 Å². The first-order valence-corrected chi connectivity index (χ1v) is 22.8. The average Bonchev–Trinajstić information content (AvgIpc) is 3.91. The highest BCUT2D eigenvalue weighted by atomic mass is 35.5. The number of nitrogens with one attached hydrogen (secondary N) is 2. The van der Waals surface area contributed by atoms with Crippen molar-refractivity contribution >= 4 is 81.9 Å². The molecular formula is C37H41ClFN7O6S4. The van der Waals surface area contributed by atoms with Gasteiger partial charge < -0.3 is 20.3 Å². The third-order valence-electron chi connectivity index (χ3n) is 9.33. The van der Waals surface area contributed by atoms with E-state index in [0.717, 1.165) is 63.2 Å². The number of thiazole rings is 2. The Labute approximate surface area is 338 Å². The quantitative estimate of drug-likeness (QED) is 0.111. The highest BCUT2D eigenvalue weighted by molar-refractivity contribution is 7.93. The van der Waals surface area contributed by atoms with E-state index >= 15 is 0 Å². The number of hydrogen-bond acceptors (Lipinski definition) is 13. The van der Waals surface area contributed by atoms with Gasteiger partial charge in [-0.25, -0.2) is 31.2 Å². The molecule has 5 aromatic rings. The normalized spacial score (nSPS) is 15.5. The topological polar surface area (TPSA) is 177 Å². The summed E-state index contributed by atoms with van der Waals surface area (Å²) in [5.41, 5.74) is 8.50. The molecule has 0 saturated carbocycles. The molecule has 19 heteroatoms. The second kappa shape index (κ2) is 18.7. The van der Waals surface area contributed by atoms with E-state index in [4.69, 9.17) is 22.1 Å². The minimum Gasteiger partial charge on any atom is -0.461 e. The predicted octanol–water partition coefficient (Wildman–Crippen LogP) is 6.96. The number of esters is 1. The van der Waals surface area contributed by atoms with Gasteiger partial charge in [-0.15, -0.1) is 22.7 Å². The van der Waals surface area contributed by atoms with E-state index in [2.05, 4.69) is 29.2 Å². The Kier molecular flexibility index (Phi) is 13.8. The van der Waals surface area contributed by atoms with Gasteiger partial charge in [-0.3, -0.25) is 14.2 Å². The molecule has 0 atom stereocenters. The van der Waals surface area contributed by atoms with Crippen LogP contribution in [0.3, 0.4) is 0 Å². The number of hydrogen-bond donors (Lipinski definition) is 3. The Morgan fingerprint density at radius 3 is 1.71 bits per heavy atom. The van der Waals surface area contributed by atoms with Crippen molar-refractivity contribution in [2.24, 2.45) is 11.7 Å². The molecule has 0 amide bonds. The number of anilines is 4. The van der Waals surface area contributed by atoms with Gasteiger partial charge in [0.1, 0.15) is 12.4 Å². The van der Waals surface area contributed by atoms with E-state index in [1.807, 2.05) is 12.1 Å². The predicted molar refractivity (Wildman–Crippen MR) is 219 cm³/mol. The van der Waals surface area contributed by atoms with Crippen molar-refractivity contribution in [1.29, 1.82) is 0 Å². The minimum absolute atomic E-state index is 0.00216. The number of benzene rings is 3. The van der Waals surface area contributed by atoms with E-state index in [9.17, 15) is 26.0 Å². The molecule has 0 unspecified atom stereocenters. The van der Waals surface area contributed by atoms with Gasteiger partial charge in [-0.1, -0.05) is 17.7 Å². The van der Waals surface area contributed by atoms with Crippen LogP contribution in [0.1, 0.15) is 37.7 Å². The highest BCUT2D eigenvalue weighted by Gasteiger charge is 2.24. The summed E-state index contributed by atoms with van der Waals surface area (Å²) in [4.78, 5) is 24.9. The molecule has 56 heavy (non-hydrogen) atoms. The van der Waals surface area contributed by atoms with Crippen LogP contribution in [0.4, 0.5) is 26.0 Å². The number of sulfonamides is 2. The number of nitrogens with two attached hydrogens (primary N) is 1. The van der Waals surface area contributed by atoms with Gasteiger partial charge in [0.25, 0.3) is 20.0 Å². The average molecular weight is 862 g/mol. The fraction of sp³-hybridized carbons (Fsp3) is 0.324. The summed E-state index contributed by atoms with van der Waals surface area (Å²) in [6.07, 6.45) is 7.00. The Bertz CT molecular complexity index is 2250. The molecule has 7 rings (SSSR count). The summed E-state index contributed by atoms with van der Waals surface area (Å²) in [6.45, 7) is 3.39. The first-order chi connectivity index (χ1) is 26.8. The first-order valence-electron chi connectivity index (χ1n) is 17.7. The van der Waals surface area contributed by atoms with Gasteiger partial charge in [0, 0.05) is 73.2 Å². The number of carbonyl (C=O) groups excluding carboxylic acids is 1. The Hall–Kier alpha value is -4.33. The van der Waals surface area contributed by atoms with E-state index in [-0.39, 0.29) is 39.3 Å². The van der Waals surface area contributed by atoms with Crippen LogP contribution in [-0.4, -0.2) is 65.0 Å². The van der Waals surface area contributed by atoms with Crippen LogP contribution < -0.4 is 25.0 Å². The number of piperidine rings is 2. The molecule has 3 aromatic carbocycles. The molecule has 2 aliphatic heterocycles. The molecule has 4 N–H and O–H groups in total. The van der Waals surface area contributed by atoms with E-state index in [1.165, 1.54) is 41.0 Å². The van der Waals surface area contributed by atoms with Crippen molar-refractivity contribution in [2.45, 2.75) is 54.5 Å². The smallest absolute Gasteiger partial charge is 0.306 e. The Morgan fingerprint density at radius 1 is 0.786 bits per heavy atom. The molecule has 4 heterocycles. The van der Waals surface area contributed by atoms with E-state index in [1.54, 1.807) is 59.4 Å². The lowest BCUT2D eigenvalue weighted by Crippen LogP contribution is -2.39. The van der Waals surface area contributed by atoms with Crippen LogP contribution in [0.15, 0.2) is 99.7 Å². The van der Waals surface area contributed by atoms with Crippen LogP contribution >= 0.6 is 34.3 Å². The van der Waals surface area contributed by atoms with Crippen LogP contribution in [0.25, 0.3) is 0 Å². The maximum Gasteiger partial charge on any atom is 0.306 e. The van der Waals surface area contributed by atoms with Crippen LogP contribution in [0.2, 0.25) is 5.02 Å². The number of ether oxygens (including phenoxy) is 1. The van der Waals surface area contributed by atoms with E-state index < -0.39 is 25.9 Å². The zero-order chi connectivity index (χ0) is 39.7. The van der Waals surface area contributed by atoms with Gasteiger partial charge in [-0.2, -0.15) is 0 Å². The molecule has 0 bridgehead atoms. The molecule has 2 saturated heterocycles. The second-order valence-electron chi connectivity index (χ2n) is 13.2. The zero-order valence-corrected chi connectivity index (χ0v) is 34.1. The molecular weight excluding hydrogens is 821 g/mol. The number of rotatable bonds is 12. The molecule has 298 valence electrons. The van der Waals surface area contributed by atoms with Crippen LogP contribution in [-0.2, 0) is 36.2 Å². The van der Waals surface area contributed by atoms with Crippen molar-refractivity contribution in [3.05, 3.63) is 106 Å². The van der Waals surface area contributed by atoms with Crippen molar-refractivity contribution in [1.82, 2.24) is 9.97 Å². The molecule has 13 nitrogen and oxygen atoms in total. The third-order valence-corrected chi connectivity index (χ3v) is 14.0. The third kappa shape index (κ3) is 11.4. The van der Waals surface area contributed by atoms with Gasteiger partial charge in [0.05, 0.1) is 14.8 Å². The molecule has 2 aliphatic rings. The van der Waals surface area contributed by atoms with E-state index in [0.29, 0.717) is 22.2 Å². The van der Waals surface area contributed by atoms with Crippen molar-refractivity contribution < 1.29 is 30.8 Å². The minimum atomic E-state index is -3.68. The lowest BCUT2D eigenvalue weighted by Gasteiger charge is -2.33. The summed E-state index contributed by atoms with van der Waals surface area (Å²) >= 11 is 8.22. The fourth-order valence-corrected chi connectivity index (χ4v) is 9.99. The summed E-state index contributed by atoms with van der Waals surface area (Å²) in [7, 11) is -7.26. The van der Waals surface area contributed by atoms with Crippen LogP contribution in [0, 0.1) is 11.7 Å².